The Labute approximate surface area is 274 Å². The SMILES string of the molecule is Cc1c(-n2cccn2)sc2c1c(=O)n(C(C)(C)C(=O)N1CCCC1)c(=O)n2C[C@H](OC1CCOCC1)c1cc(F)ccc1OCCO. The van der Waals surface area contributed by atoms with Crippen molar-refractivity contribution < 1.29 is 28.5 Å². The summed E-state index contributed by atoms with van der Waals surface area (Å²) in [6.45, 7) is 6.73. The Morgan fingerprint density at radius 1 is 1.21 bits per heavy atom. The molecule has 1 N–H and O–H groups in total. The Balaban J connectivity index is 1.57. The van der Waals surface area contributed by atoms with Gasteiger partial charge in [-0.3, -0.25) is 14.2 Å². The summed E-state index contributed by atoms with van der Waals surface area (Å²) in [5.41, 5.74) is -1.77. The Morgan fingerprint density at radius 3 is 2.64 bits per heavy atom. The summed E-state index contributed by atoms with van der Waals surface area (Å²) >= 11 is 1.23. The number of aliphatic hydroxyl groups excluding tert-OH is 1. The van der Waals surface area contributed by atoms with Gasteiger partial charge in [0, 0.05) is 49.8 Å². The maximum absolute atomic E-state index is 14.9. The summed E-state index contributed by atoms with van der Waals surface area (Å²) in [6.07, 6.45) is 5.15. The van der Waals surface area contributed by atoms with E-state index in [9.17, 15) is 23.9 Å². The number of carbonyl (C=O) groups is 1. The van der Waals surface area contributed by atoms with Gasteiger partial charge in [0.15, 0.2) is 0 Å². The topological polar surface area (TPSA) is 130 Å². The molecule has 0 bridgehead atoms. The van der Waals surface area contributed by atoms with Gasteiger partial charge in [0.2, 0.25) is 5.91 Å². The molecule has 1 aromatic carbocycles. The predicted molar refractivity (Wildman–Crippen MR) is 174 cm³/mol. The van der Waals surface area contributed by atoms with Crippen molar-refractivity contribution in [3.63, 3.8) is 0 Å². The molecule has 2 saturated heterocycles. The number of rotatable bonds is 11. The van der Waals surface area contributed by atoms with Crippen LogP contribution >= 0.6 is 11.3 Å². The second kappa shape index (κ2) is 13.7. The van der Waals surface area contributed by atoms with Crippen LogP contribution in [-0.2, 0) is 26.4 Å². The number of nitrogens with zero attached hydrogens (tertiary/aromatic N) is 5. The Bertz CT molecular complexity index is 1850. The zero-order chi connectivity index (χ0) is 33.3. The summed E-state index contributed by atoms with van der Waals surface area (Å²) in [6, 6.07) is 5.81. The van der Waals surface area contributed by atoms with Crippen molar-refractivity contribution in [3.05, 3.63) is 74.4 Å². The standard InChI is InChI=1S/C33H40FN5O7S/c1-21-27-28(41)39(33(2,3)31(42)36-12-4-5-13-36)32(43)37(30(27)47-29(21)38-14-6-11-35-38)20-26(46-23-9-16-44-17-10-23)24-19-22(34)7-8-25(24)45-18-15-40/h6-8,11,14,19,23,26,40H,4-5,9-10,12-13,15-18,20H2,1-3H3/t26-/m0/s1. The molecule has 2 aliphatic heterocycles. The molecule has 0 radical (unpaired) electrons. The highest BCUT2D eigenvalue weighted by Crippen LogP contribution is 2.36. The normalized spacial score (nSPS) is 16.7. The maximum Gasteiger partial charge on any atom is 0.333 e. The Morgan fingerprint density at radius 2 is 1.96 bits per heavy atom. The van der Waals surface area contributed by atoms with Gasteiger partial charge in [0.25, 0.3) is 5.56 Å². The summed E-state index contributed by atoms with van der Waals surface area (Å²) < 4.78 is 37.0. The molecule has 2 fully saturated rings. The number of fused-ring (bicyclic) bond motifs is 1. The number of hydrogen-bond acceptors (Lipinski definition) is 9. The largest absolute Gasteiger partial charge is 0.491 e. The first kappa shape index (κ1) is 33.1. The number of benzene rings is 1. The van der Waals surface area contributed by atoms with Crippen LogP contribution in [0.2, 0.25) is 0 Å². The highest BCUT2D eigenvalue weighted by molar-refractivity contribution is 7.21. The quantitative estimate of drug-likeness (QED) is 0.257. The van der Waals surface area contributed by atoms with Gasteiger partial charge in [0.05, 0.1) is 24.6 Å². The number of aromatic nitrogens is 4. The van der Waals surface area contributed by atoms with Crippen LogP contribution in [0.1, 0.15) is 56.8 Å². The molecule has 0 spiro atoms. The number of amides is 1. The summed E-state index contributed by atoms with van der Waals surface area (Å²) in [7, 11) is 0. The molecule has 0 aliphatic carbocycles. The zero-order valence-corrected chi connectivity index (χ0v) is 27.6. The Kier molecular flexibility index (Phi) is 9.65. The number of thiophene rings is 1. The molecule has 3 aromatic heterocycles. The first-order chi connectivity index (χ1) is 22.6. The van der Waals surface area contributed by atoms with E-state index >= 15 is 0 Å². The maximum atomic E-state index is 14.9. The molecule has 6 rings (SSSR count). The molecule has 0 unspecified atom stereocenters. The molecule has 4 aromatic rings. The van der Waals surface area contributed by atoms with Crippen LogP contribution in [0.4, 0.5) is 4.39 Å². The number of ether oxygens (including phenoxy) is 3. The van der Waals surface area contributed by atoms with Crippen molar-refractivity contribution in [2.45, 2.75) is 70.7 Å². The molecule has 12 nitrogen and oxygen atoms in total. The first-order valence-corrected chi connectivity index (χ1v) is 16.8. The minimum atomic E-state index is -1.50. The number of halogens is 1. The predicted octanol–water partition coefficient (Wildman–Crippen LogP) is 3.52. The van der Waals surface area contributed by atoms with E-state index in [1.165, 1.54) is 34.1 Å². The van der Waals surface area contributed by atoms with E-state index in [1.807, 2.05) is 0 Å². The van der Waals surface area contributed by atoms with Crippen molar-refractivity contribution in [3.8, 4) is 10.8 Å². The van der Waals surface area contributed by atoms with Gasteiger partial charge in [-0.1, -0.05) is 11.3 Å². The van der Waals surface area contributed by atoms with Crippen LogP contribution in [0.5, 0.6) is 5.75 Å². The Hall–Kier alpha value is -3.85. The summed E-state index contributed by atoms with van der Waals surface area (Å²) in [5, 5.41) is 14.8. The summed E-state index contributed by atoms with van der Waals surface area (Å²) in [4.78, 5) is 45.0. The van der Waals surface area contributed by atoms with Crippen molar-refractivity contribution >= 4 is 27.5 Å². The highest BCUT2D eigenvalue weighted by atomic mass is 32.1. The van der Waals surface area contributed by atoms with E-state index in [0.29, 0.717) is 71.2 Å². The van der Waals surface area contributed by atoms with E-state index in [1.54, 1.807) is 48.8 Å². The van der Waals surface area contributed by atoms with Gasteiger partial charge < -0.3 is 24.2 Å². The first-order valence-electron chi connectivity index (χ1n) is 16.0. The molecular formula is C33H40FN5O7S. The molecule has 47 heavy (non-hydrogen) atoms. The highest BCUT2D eigenvalue weighted by Gasteiger charge is 2.39. The lowest BCUT2D eigenvalue weighted by molar-refractivity contribution is -0.138. The van der Waals surface area contributed by atoms with Crippen molar-refractivity contribution in [2.75, 3.05) is 39.5 Å². The lowest BCUT2D eigenvalue weighted by Gasteiger charge is -2.32. The average molecular weight is 670 g/mol. The fourth-order valence-corrected chi connectivity index (χ4v) is 7.73. The molecule has 5 heterocycles. The van der Waals surface area contributed by atoms with Crippen LogP contribution in [0.25, 0.3) is 15.2 Å². The van der Waals surface area contributed by atoms with E-state index in [-0.39, 0.29) is 31.8 Å². The van der Waals surface area contributed by atoms with Crippen LogP contribution < -0.4 is 16.0 Å². The van der Waals surface area contributed by atoms with Gasteiger partial charge in [-0.15, -0.1) is 0 Å². The lowest BCUT2D eigenvalue weighted by Crippen LogP contribution is -2.56. The van der Waals surface area contributed by atoms with Crippen molar-refractivity contribution in [1.82, 2.24) is 23.8 Å². The van der Waals surface area contributed by atoms with Gasteiger partial charge in [-0.2, -0.15) is 5.10 Å². The zero-order valence-electron chi connectivity index (χ0n) is 26.8. The van der Waals surface area contributed by atoms with Crippen LogP contribution in [0, 0.1) is 12.7 Å². The molecule has 0 saturated carbocycles. The third kappa shape index (κ3) is 6.39. The second-order valence-electron chi connectivity index (χ2n) is 12.4. The van der Waals surface area contributed by atoms with E-state index in [4.69, 9.17) is 14.2 Å². The van der Waals surface area contributed by atoms with Crippen molar-refractivity contribution in [2.24, 2.45) is 0 Å². The fraction of sp³-hybridized carbons (Fsp3) is 0.515. The monoisotopic (exact) mass is 669 g/mol. The number of aliphatic hydroxyl groups is 1. The molecule has 2 aliphatic rings. The third-order valence-corrected chi connectivity index (χ3v) is 10.2. The number of likely N-dealkylation sites (tertiary alicyclic amines) is 1. The number of aryl methyl sites for hydroxylation is 1. The van der Waals surface area contributed by atoms with E-state index < -0.39 is 28.7 Å². The average Bonchev–Trinajstić information content (AvgIpc) is 3.84. The number of hydrogen-bond donors (Lipinski definition) is 1. The second-order valence-corrected chi connectivity index (χ2v) is 13.4. The minimum Gasteiger partial charge on any atom is -0.491 e. The van der Waals surface area contributed by atoms with Gasteiger partial charge in [-0.25, -0.2) is 18.4 Å². The van der Waals surface area contributed by atoms with Gasteiger partial charge in [-0.05, 0) is 70.7 Å². The number of carbonyl (C=O) groups excluding carboxylic acids is 1. The van der Waals surface area contributed by atoms with E-state index in [0.717, 1.165) is 17.4 Å². The third-order valence-electron chi connectivity index (χ3n) is 8.92. The molecule has 1 atom stereocenters. The van der Waals surface area contributed by atoms with Crippen LogP contribution in [-0.4, -0.2) is 80.4 Å². The minimum absolute atomic E-state index is 0.0259. The fourth-order valence-electron chi connectivity index (χ4n) is 6.48. The van der Waals surface area contributed by atoms with Gasteiger partial charge >= 0.3 is 5.69 Å². The van der Waals surface area contributed by atoms with E-state index in [2.05, 4.69) is 5.10 Å². The summed E-state index contributed by atoms with van der Waals surface area (Å²) in [5.74, 6) is -0.524. The molecule has 252 valence electrons. The van der Waals surface area contributed by atoms with Crippen molar-refractivity contribution in [1.29, 1.82) is 0 Å². The molecule has 1 amide bonds. The molecule has 14 heteroatoms. The molecular weight excluding hydrogens is 629 g/mol. The van der Waals surface area contributed by atoms with Crippen LogP contribution in [0.3, 0.4) is 0 Å². The smallest absolute Gasteiger partial charge is 0.333 e. The van der Waals surface area contributed by atoms with Crippen LogP contribution in [0.15, 0.2) is 46.2 Å². The van der Waals surface area contributed by atoms with Gasteiger partial charge in [0.1, 0.15) is 39.6 Å². The lowest BCUT2D eigenvalue weighted by atomic mass is 10.0.